The smallest absolute Gasteiger partial charge is 0.160 e. The first-order valence-electron chi connectivity index (χ1n) is 9.89. The van der Waals surface area contributed by atoms with Crippen molar-refractivity contribution in [3.05, 3.63) is 72.2 Å². The van der Waals surface area contributed by atoms with Gasteiger partial charge in [-0.05, 0) is 57.8 Å². The van der Waals surface area contributed by atoms with Gasteiger partial charge in [0.05, 0.1) is 5.69 Å². The van der Waals surface area contributed by atoms with Gasteiger partial charge in [-0.1, -0.05) is 30.3 Å². The van der Waals surface area contributed by atoms with Crippen molar-refractivity contribution in [2.45, 2.75) is 38.5 Å². The van der Waals surface area contributed by atoms with Gasteiger partial charge in [0.2, 0.25) is 0 Å². The first-order chi connectivity index (χ1) is 13.3. The highest BCUT2D eigenvalue weighted by Crippen LogP contribution is 2.30. The third-order valence-electron chi connectivity index (χ3n) is 5.52. The molecule has 2 aromatic heterocycles. The minimum absolute atomic E-state index is 0.473. The minimum atomic E-state index is 0.473. The van der Waals surface area contributed by atoms with Crippen molar-refractivity contribution < 1.29 is 0 Å². The second-order valence-electron chi connectivity index (χ2n) is 7.31. The lowest BCUT2D eigenvalue weighted by atomic mass is 9.92. The zero-order chi connectivity index (χ0) is 18.5. The van der Waals surface area contributed by atoms with E-state index < -0.39 is 0 Å². The maximum Gasteiger partial charge on any atom is 0.160 e. The van der Waals surface area contributed by atoms with Gasteiger partial charge in [0.1, 0.15) is 5.82 Å². The first kappa shape index (κ1) is 17.9. The number of piperidine rings is 1. The zero-order valence-corrected chi connectivity index (χ0v) is 16.0. The van der Waals surface area contributed by atoms with E-state index in [1.165, 1.54) is 18.5 Å². The van der Waals surface area contributed by atoms with Crippen LogP contribution in [0.1, 0.15) is 42.3 Å². The number of hydrogen-bond donors (Lipinski definition) is 0. The quantitative estimate of drug-likeness (QED) is 0.670. The highest BCUT2D eigenvalue weighted by molar-refractivity contribution is 5.32. The Bertz CT molecular complexity index is 850. The largest absolute Gasteiger partial charge is 0.303 e. The highest BCUT2D eigenvalue weighted by Gasteiger charge is 2.24. The fourth-order valence-corrected chi connectivity index (χ4v) is 4.00. The number of nitrogens with zero attached hydrogens (tertiary/aromatic N) is 5. The molecule has 0 bridgehead atoms. The van der Waals surface area contributed by atoms with Crippen LogP contribution in [0, 0.1) is 6.92 Å². The summed E-state index contributed by atoms with van der Waals surface area (Å²) in [5.74, 6) is 2.37. The Morgan fingerprint density at radius 1 is 0.963 bits per heavy atom. The predicted molar refractivity (Wildman–Crippen MR) is 107 cm³/mol. The van der Waals surface area contributed by atoms with Gasteiger partial charge in [-0.2, -0.15) is 0 Å². The molecule has 5 nitrogen and oxygen atoms in total. The molecule has 5 heteroatoms. The first-order valence-corrected chi connectivity index (χ1v) is 9.89. The van der Waals surface area contributed by atoms with Gasteiger partial charge in [0, 0.05) is 30.7 Å². The molecule has 0 saturated carbocycles. The summed E-state index contributed by atoms with van der Waals surface area (Å²) in [6.07, 6.45) is 12.1. The second-order valence-corrected chi connectivity index (χ2v) is 7.31. The van der Waals surface area contributed by atoms with Gasteiger partial charge in [0.25, 0.3) is 0 Å². The van der Waals surface area contributed by atoms with Gasteiger partial charge >= 0.3 is 0 Å². The molecule has 0 atom stereocenters. The lowest BCUT2D eigenvalue weighted by molar-refractivity contribution is 0.208. The topological polar surface area (TPSA) is 46.8 Å². The fraction of sp³-hybridized carbons (Fsp3) is 0.409. The third-order valence-corrected chi connectivity index (χ3v) is 5.52. The van der Waals surface area contributed by atoms with Crippen LogP contribution in [0.2, 0.25) is 0 Å². The van der Waals surface area contributed by atoms with Crippen LogP contribution < -0.4 is 0 Å². The maximum atomic E-state index is 4.70. The molecule has 0 N–H and O–H groups in total. The maximum absolute atomic E-state index is 4.70. The van der Waals surface area contributed by atoms with E-state index in [4.69, 9.17) is 4.98 Å². The van der Waals surface area contributed by atoms with Crippen molar-refractivity contribution in [3.8, 4) is 5.82 Å². The summed E-state index contributed by atoms with van der Waals surface area (Å²) in [5, 5.41) is 0. The summed E-state index contributed by atoms with van der Waals surface area (Å²) in [4.78, 5) is 16.2. The molecule has 4 rings (SSSR count). The van der Waals surface area contributed by atoms with E-state index in [1.54, 1.807) is 6.20 Å². The standard InChI is InChI=1S/C22H27N5/c1-18-23-13-17-27(18)22-21(24-11-12-25-22)20-9-15-26(16-10-20)14-5-8-19-6-3-2-4-7-19/h2-4,6-7,11-13,17,20H,5,8-10,14-16H2,1H3. The summed E-state index contributed by atoms with van der Waals surface area (Å²) in [6, 6.07) is 10.8. The van der Waals surface area contributed by atoms with Crippen molar-refractivity contribution in [1.29, 1.82) is 0 Å². The molecule has 1 aromatic carbocycles. The lowest BCUT2D eigenvalue weighted by Gasteiger charge is -2.32. The highest BCUT2D eigenvalue weighted by atomic mass is 15.1. The van der Waals surface area contributed by atoms with Crippen molar-refractivity contribution in [2.24, 2.45) is 0 Å². The third kappa shape index (κ3) is 4.25. The molecule has 140 valence electrons. The van der Waals surface area contributed by atoms with Crippen LogP contribution in [-0.4, -0.2) is 44.1 Å². The second kappa shape index (κ2) is 8.44. The lowest BCUT2D eigenvalue weighted by Crippen LogP contribution is -2.34. The van der Waals surface area contributed by atoms with Gasteiger partial charge in [0.15, 0.2) is 5.82 Å². The zero-order valence-electron chi connectivity index (χ0n) is 16.0. The molecule has 0 radical (unpaired) electrons. The molecule has 27 heavy (non-hydrogen) atoms. The monoisotopic (exact) mass is 361 g/mol. The van der Waals surface area contributed by atoms with Crippen molar-refractivity contribution in [3.63, 3.8) is 0 Å². The summed E-state index contributed by atoms with van der Waals surface area (Å²) in [6.45, 7) is 5.46. The van der Waals surface area contributed by atoms with Crippen LogP contribution in [0.3, 0.4) is 0 Å². The SMILES string of the molecule is Cc1nccn1-c1nccnc1C1CCN(CCCc2ccccc2)CC1. The summed E-state index contributed by atoms with van der Waals surface area (Å²) < 4.78 is 2.05. The summed E-state index contributed by atoms with van der Waals surface area (Å²) in [5.41, 5.74) is 2.55. The Kier molecular flexibility index (Phi) is 5.58. The molecule has 1 aliphatic heterocycles. The minimum Gasteiger partial charge on any atom is -0.303 e. The van der Waals surface area contributed by atoms with Crippen LogP contribution in [0.4, 0.5) is 0 Å². The molecule has 3 heterocycles. The number of rotatable bonds is 6. The number of likely N-dealkylation sites (tertiary alicyclic amines) is 1. The molecule has 0 spiro atoms. The van der Waals surface area contributed by atoms with Gasteiger partial charge in [-0.25, -0.2) is 9.97 Å². The number of aryl methyl sites for hydroxylation is 2. The molecular formula is C22H27N5. The Hall–Kier alpha value is -2.53. The molecule has 1 saturated heterocycles. The van der Waals surface area contributed by atoms with E-state index >= 15 is 0 Å². The van der Waals surface area contributed by atoms with E-state index in [1.807, 2.05) is 25.5 Å². The molecule has 0 amide bonds. The van der Waals surface area contributed by atoms with Gasteiger partial charge in [-0.15, -0.1) is 0 Å². The average Bonchev–Trinajstić information content (AvgIpc) is 3.15. The summed E-state index contributed by atoms with van der Waals surface area (Å²) in [7, 11) is 0. The van der Waals surface area contributed by atoms with Crippen LogP contribution >= 0.6 is 0 Å². The van der Waals surface area contributed by atoms with Crippen LogP contribution in [-0.2, 0) is 6.42 Å². The van der Waals surface area contributed by atoms with Gasteiger partial charge < -0.3 is 4.90 Å². The number of hydrogen-bond acceptors (Lipinski definition) is 4. The van der Waals surface area contributed by atoms with Crippen molar-refractivity contribution >= 4 is 0 Å². The molecule has 0 aliphatic carbocycles. The average molecular weight is 361 g/mol. The predicted octanol–water partition coefficient (Wildman–Crippen LogP) is 3.78. The number of imidazole rings is 1. The van der Waals surface area contributed by atoms with Crippen LogP contribution in [0.15, 0.2) is 55.1 Å². The molecule has 1 fully saturated rings. The van der Waals surface area contributed by atoms with Crippen molar-refractivity contribution in [1.82, 2.24) is 24.4 Å². The van der Waals surface area contributed by atoms with Crippen LogP contribution in [0.5, 0.6) is 0 Å². The van der Waals surface area contributed by atoms with Gasteiger partial charge in [-0.3, -0.25) is 9.55 Å². The summed E-state index contributed by atoms with van der Waals surface area (Å²) >= 11 is 0. The number of benzene rings is 1. The molecule has 0 unspecified atom stereocenters. The Balaban J connectivity index is 1.34. The van der Waals surface area contributed by atoms with Crippen LogP contribution in [0.25, 0.3) is 5.82 Å². The van der Waals surface area contributed by atoms with E-state index in [-0.39, 0.29) is 0 Å². The Labute approximate surface area is 161 Å². The van der Waals surface area contributed by atoms with E-state index in [9.17, 15) is 0 Å². The number of aromatic nitrogens is 4. The van der Waals surface area contributed by atoms with E-state index in [0.717, 1.165) is 49.7 Å². The Morgan fingerprint density at radius 2 is 1.74 bits per heavy atom. The van der Waals surface area contributed by atoms with E-state index in [2.05, 4.69) is 49.8 Å². The molecule has 3 aromatic rings. The van der Waals surface area contributed by atoms with E-state index in [0.29, 0.717) is 5.92 Å². The molecule has 1 aliphatic rings. The fourth-order valence-electron chi connectivity index (χ4n) is 4.00. The molecular weight excluding hydrogens is 334 g/mol. The van der Waals surface area contributed by atoms with Crippen molar-refractivity contribution in [2.75, 3.05) is 19.6 Å². The normalized spacial score (nSPS) is 15.9. The Morgan fingerprint density at radius 3 is 2.48 bits per heavy atom.